The normalized spacial score (nSPS) is 15.5. The number of fused-ring (bicyclic) bond motifs is 1. The molecule has 1 N–H and O–H groups in total. The first-order chi connectivity index (χ1) is 16.8. The van der Waals surface area contributed by atoms with E-state index in [0.29, 0.717) is 22.1 Å². The summed E-state index contributed by atoms with van der Waals surface area (Å²) in [4.78, 5) is 42.6. The summed E-state index contributed by atoms with van der Waals surface area (Å²) in [5.41, 5.74) is 3.04. The maximum atomic E-state index is 12.9. The molecule has 178 valence electrons. The molecule has 2 aromatic heterocycles. The molecular formula is C23H20N6O5S. The van der Waals surface area contributed by atoms with Crippen molar-refractivity contribution >= 4 is 45.4 Å². The van der Waals surface area contributed by atoms with Crippen LogP contribution >= 0.6 is 11.3 Å². The number of aryl methyl sites for hydroxylation is 1. The zero-order valence-electron chi connectivity index (χ0n) is 18.8. The number of benzene rings is 2. The number of ether oxygens (including phenoxy) is 1. The number of nitro benzene ring substituents is 1. The van der Waals surface area contributed by atoms with Crippen LogP contribution < -0.4 is 15.0 Å². The Morgan fingerprint density at radius 3 is 2.74 bits per heavy atom. The summed E-state index contributed by atoms with van der Waals surface area (Å²) in [5, 5.41) is 19.8. The summed E-state index contributed by atoms with van der Waals surface area (Å²) in [7, 11) is 1.54. The van der Waals surface area contributed by atoms with Crippen LogP contribution in [0.25, 0.3) is 16.2 Å². The molecule has 1 atom stereocenters. The van der Waals surface area contributed by atoms with E-state index < -0.39 is 10.8 Å². The van der Waals surface area contributed by atoms with Crippen LogP contribution in [-0.2, 0) is 9.59 Å². The molecule has 3 heterocycles. The fourth-order valence-electron chi connectivity index (χ4n) is 4.03. The molecular weight excluding hydrogens is 472 g/mol. The third-order valence-corrected chi connectivity index (χ3v) is 6.63. The van der Waals surface area contributed by atoms with E-state index in [9.17, 15) is 19.7 Å². The molecule has 1 fully saturated rings. The lowest BCUT2D eigenvalue weighted by atomic mass is 10.1. The first-order valence-corrected chi connectivity index (χ1v) is 11.6. The second-order valence-corrected chi connectivity index (χ2v) is 8.96. The molecule has 1 aliphatic rings. The van der Waals surface area contributed by atoms with Crippen molar-refractivity contribution in [2.45, 2.75) is 13.3 Å². The predicted octanol–water partition coefficient (Wildman–Crippen LogP) is 3.67. The van der Waals surface area contributed by atoms with E-state index in [1.54, 1.807) is 34.7 Å². The van der Waals surface area contributed by atoms with Gasteiger partial charge in [-0.15, -0.1) is 16.4 Å². The van der Waals surface area contributed by atoms with Gasteiger partial charge < -0.3 is 9.64 Å². The minimum absolute atomic E-state index is 0.00444. The van der Waals surface area contributed by atoms with Crippen LogP contribution in [0.4, 0.5) is 17.3 Å². The number of thiazole rings is 1. The number of non-ortho nitro benzene ring substituents is 1. The Labute approximate surface area is 203 Å². The molecule has 2 aromatic carbocycles. The molecule has 0 aliphatic carbocycles. The number of aromatic nitrogens is 3. The second kappa shape index (κ2) is 8.80. The van der Waals surface area contributed by atoms with Gasteiger partial charge in [-0.25, -0.2) is 4.52 Å². The van der Waals surface area contributed by atoms with Crippen molar-refractivity contribution in [1.82, 2.24) is 14.6 Å². The zero-order chi connectivity index (χ0) is 24.7. The van der Waals surface area contributed by atoms with E-state index in [0.717, 1.165) is 11.1 Å². The van der Waals surface area contributed by atoms with Crippen LogP contribution in [0.15, 0.2) is 47.8 Å². The summed E-state index contributed by atoms with van der Waals surface area (Å²) in [6.45, 7) is 2.15. The maximum Gasteiger partial charge on any atom is 0.269 e. The first-order valence-electron chi connectivity index (χ1n) is 10.7. The van der Waals surface area contributed by atoms with Gasteiger partial charge in [0.25, 0.3) is 5.69 Å². The Hall–Kier alpha value is -4.32. The predicted molar refractivity (Wildman–Crippen MR) is 130 cm³/mol. The number of methoxy groups -OCH3 is 1. The van der Waals surface area contributed by atoms with Gasteiger partial charge in [-0.3, -0.25) is 25.0 Å². The lowest BCUT2D eigenvalue weighted by Gasteiger charge is -2.20. The highest BCUT2D eigenvalue weighted by Gasteiger charge is 2.36. The van der Waals surface area contributed by atoms with Crippen molar-refractivity contribution < 1.29 is 19.2 Å². The molecule has 1 unspecified atom stereocenters. The van der Waals surface area contributed by atoms with Crippen molar-refractivity contribution in [3.63, 3.8) is 0 Å². The molecule has 0 bridgehead atoms. The van der Waals surface area contributed by atoms with Gasteiger partial charge in [0, 0.05) is 36.0 Å². The molecule has 0 saturated carbocycles. The lowest BCUT2D eigenvalue weighted by Crippen LogP contribution is -2.28. The standard InChI is InChI=1S/C23H20N6O5S/c1-13-3-8-19(34-2)17(9-13)27-11-15(10-20(27)30)21(31)24-22-25-23-28(26-22)18(12-35-23)14-4-6-16(7-5-14)29(32)33/h3-9,12,15H,10-11H2,1-2H3,(H,24,26,31). The number of amides is 2. The van der Waals surface area contributed by atoms with E-state index in [1.165, 1.54) is 23.5 Å². The average Bonchev–Trinajstić information content (AvgIpc) is 3.53. The Balaban J connectivity index is 1.33. The van der Waals surface area contributed by atoms with Gasteiger partial charge in [0.1, 0.15) is 5.75 Å². The fourth-order valence-corrected chi connectivity index (χ4v) is 4.86. The summed E-state index contributed by atoms with van der Waals surface area (Å²) >= 11 is 1.33. The van der Waals surface area contributed by atoms with E-state index in [4.69, 9.17) is 4.74 Å². The number of nitro groups is 1. The zero-order valence-corrected chi connectivity index (χ0v) is 19.6. The van der Waals surface area contributed by atoms with Gasteiger partial charge in [-0.2, -0.15) is 4.98 Å². The third kappa shape index (κ3) is 4.19. The number of nitrogens with zero attached hydrogens (tertiary/aromatic N) is 5. The van der Waals surface area contributed by atoms with Gasteiger partial charge in [-0.1, -0.05) is 6.07 Å². The number of carbonyl (C=O) groups is 2. The topological polar surface area (TPSA) is 132 Å². The Morgan fingerprint density at radius 2 is 2.03 bits per heavy atom. The smallest absolute Gasteiger partial charge is 0.269 e. The average molecular weight is 493 g/mol. The molecule has 2 amide bonds. The van der Waals surface area contributed by atoms with E-state index in [2.05, 4.69) is 15.4 Å². The van der Waals surface area contributed by atoms with Crippen LogP contribution in [0.5, 0.6) is 5.75 Å². The van der Waals surface area contributed by atoms with Gasteiger partial charge in [0.2, 0.25) is 22.7 Å². The minimum Gasteiger partial charge on any atom is -0.495 e. The van der Waals surface area contributed by atoms with Crippen LogP contribution in [0.2, 0.25) is 0 Å². The van der Waals surface area contributed by atoms with Crippen molar-refractivity contribution in [3.8, 4) is 17.0 Å². The largest absolute Gasteiger partial charge is 0.495 e. The molecule has 0 spiro atoms. The summed E-state index contributed by atoms with van der Waals surface area (Å²) < 4.78 is 6.97. The van der Waals surface area contributed by atoms with Crippen molar-refractivity contribution in [2.24, 2.45) is 5.92 Å². The van der Waals surface area contributed by atoms with Gasteiger partial charge in [-0.05, 0) is 36.8 Å². The number of anilines is 2. The molecule has 0 radical (unpaired) electrons. The Kier molecular flexibility index (Phi) is 5.65. The van der Waals surface area contributed by atoms with Crippen LogP contribution in [0, 0.1) is 23.0 Å². The van der Waals surface area contributed by atoms with Crippen LogP contribution in [0.3, 0.4) is 0 Å². The molecule has 35 heavy (non-hydrogen) atoms. The molecule has 11 nitrogen and oxygen atoms in total. The highest BCUT2D eigenvalue weighted by molar-refractivity contribution is 7.15. The van der Waals surface area contributed by atoms with Gasteiger partial charge >= 0.3 is 0 Å². The monoisotopic (exact) mass is 492 g/mol. The van der Waals surface area contributed by atoms with Crippen molar-refractivity contribution in [1.29, 1.82) is 0 Å². The van der Waals surface area contributed by atoms with Crippen LogP contribution in [-0.4, -0.2) is 45.0 Å². The number of carbonyl (C=O) groups excluding carboxylic acids is 2. The Bertz CT molecular complexity index is 1460. The molecule has 12 heteroatoms. The number of hydrogen-bond donors (Lipinski definition) is 1. The number of hydrogen-bond acceptors (Lipinski definition) is 8. The SMILES string of the molecule is COc1ccc(C)cc1N1CC(C(=O)Nc2nc3scc(-c4ccc([N+](=O)[O-])cc4)n3n2)CC1=O. The summed E-state index contributed by atoms with van der Waals surface area (Å²) in [6.07, 6.45) is 0.0686. The molecule has 1 aliphatic heterocycles. The van der Waals surface area contributed by atoms with Gasteiger partial charge in [0.05, 0.1) is 29.3 Å². The van der Waals surface area contributed by atoms with Crippen molar-refractivity contribution in [3.05, 3.63) is 63.5 Å². The highest BCUT2D eigenvalue weighted by atomic mass is 32.1. The Morgan fingerprint density at radius 1 is 1.26 bits per heavy atom. The minimum atomic E-state index is -0.566. The highest BCUT2D eigenvalue weighted by Crippen LogP contribution is 2.34. The molecule has 4 aromatic rings. The summed E-state index contributed by atoms with van der Waals surface area (Å²) in [5.74, 6) is -0.372. The first kappa shape index (κ1) is 22.5. The van der Waals surface area contributed by atoms with Crippen molar-refractivity contribution in [2.75, 3.05) is 23.9 Å². The lowest BCUT2D eigenvalue weighted by molar-refractivity contribution is -0.384. The molecule has 1 saturated heterocycles. The van der Waals surface area contributed by atoms with E-state index >= 15 is 0 Å². The van der Waals surface area contributed by atoms with Crippen LogP contribution in [0.1, 0.15) is 12.0 Å². The second-order valence-electron chi connectivity index (χ2n) is 8.12. The van der Waals surface area contributed by atoms with Gasteiger partial charge in [0.15, 0.2) is 0 Å². The third-order valence-electron chi connectivity index (χ3n) is 5.81. The number of rotatable bonds is 6. The number of nitrogens with one attached hydrogen (secondary N) is 1. The quantitative estimate of drug-likeness (QED) is 0.321. The fraction of sp³-hybridized carbons (Fsp3) is 0.217. The van der Waals surface area contributed by atoms with E-state index in [1.807, 2.05) is 24.4 Å². The molecule has 5 rings (SSSR count). The van der Waals surface area contributed by atoms with E-state index in [-0.39, 0.29) is 36.4 Å². The summed E-state index contributed by atoms with van der Waals surface area (Å²) in [6, 6.07) is 11.7. The maximum absolute atomic E-state index is 12.9.